The second kappa shape index (κ2) is 6.48. The van der Waals surface area contributed by atoms with Gasteiger partial charge in [-0.05, 0) is 12.0 Å². The maximum atomic E-state index is 10.7. The Kier molecular flexibility index (Phi) is 5.21. The van der Waals surface area contributed by atoms with Gasteiger partial charge in [-0.15, -0.1) is 0 Å². The van der Waals surface area contributed by atoms with Gasteiger partial charge in [0.05, 0.1) is 0 Å². The summed E-state index contributed by atoms with van der Waals surface area (Å²) in [6.07, 6.45) is 0.594. The molecule has 0 aliphatic rings. The summed E-state index contributed by atoms with van der Waals surface area (Å²) < 4.78 is 2.93. The van der Waals surface area contributed by atoms with Gasteiger partial charge >= 0.3 is 5.97 Å². The number of nitrogens with one attached hydrogen (secondary N) is 1. The van der Waals surface area contributed by atoms with Crippen LogP contribution in [0, 0.1) is 0 Å². The van der Waals surface area contributed by atoms with Crippen molar-refractivity contribution in [3.63, 3.8) is 0 Å². The van der Waals surface area contributed by atoms with Crippen LogP contribution in [0.4, 0.5) is 0 Å². The van der Waals surface area contributed by atoms with Crippen LogP contribution in [-0.2, 0) is 10.5 Å². The minimum atomic E-state index is -0.793. The number of aliphatic carboxylic acids is 1. The fourth-order valence-electron chi connectivity index (χ4n) is 1.11. The maximum Gasteiger partial charge on any atom is 0.321 e. The normalized spacial score (nSPS) is 12.3. The van der Waals surface area contributed by atoms with Crippen molar-refractivity contribution < 1.29 is 9.90 Å². The monoisotopic (exact) mass is 225 g/mol. The standard InChI is InChI=1S/C11H15NO2S/c1-2-10(11(13)14)12-15-8-9-6-4-3-5-7-9/h3-7,10,12H,2,8H2,1H3,(H,13,14). The predicted molar refractivity (Wildman–Crippen MR) is 62.6 cm³/mol. The van der Waals surface area contributed by atoms with Gasteiger partial charge in [0, 0.05) is 5.75 Å². The first kappa shape index (κ1) is 12.1. The quantitative estimate of drug-likeness (QED) is 0.729. The third kappa shape index (κ3) is 4.36. The summed E-state index contributed by atoms with van der Waals surface area (Å²) in [7, 11) is 0. The first-order chi connectivity index (χ1) is 7.24. The van der Waals surface area contributed by atoms with Gasteiger partial charge in [-0.1, -0.05) is 49.2 Å². The lowest BCUT2D eigenvalue weighted by atomic mass is 10.2. The van der Waals surface area contributed by atoms with E-state index >= 15 is 0 Å². The van der Waals surface area contributed by atoms with Crippen LogP contribution >= 0.6 is 11.9 Å². The van der Waals surface area contributed by atoms with E-state index in [9.17, 15) is 4.79 Å². The number of carboxylic acid groups (broad SMARTS) is 1. The van der Waals surface area contributed by atoms with Crippen molar-refractivity contribution in [3.8, 4) is 0 Å². The molecule has 2 N–H and O–H groups in total. The summed E-state index contributed by atoms with van der Waals surface area (Å²) in [5.41, 5.74) is 1.19. The lowest BCUT2D eigenvalue weighted by molar-refractivity contribution is -0.138. The largest absolute Gasteiger partial charge is 0.480 e. The zero-order valence-corrected chi connectivity index (χ0v) is 9.46. The van der Waals surface area contributed by atoms with Crippen LogP contribution in [0.2, 0.25) is 0 Å². The molecule has 1 rings (SSSR count). The van der Waals surface area contributed by atoms with Gasteiger partial charge in [0.25, 0.3) is 0 Å². The zero-order chi connectivity index (χ0) is 11.1. The van der Waals surface area contributed by atoms with Crippen molar-refractivity contribution in [1.29, 1.82) is 0 Å². The Hall–Kier alpha value is -1.00. The Morgan fingerprint density at radius 3 is 2.67 bits per heavy atom. The van der Waals surface area contributed by atoms with Crippen LogP contribution < -0.4 is 4.72 Å². The molecule has 0 saturated carbocycles. The molecule has 0 saturated heterocycles. The highest BCUT2D eigenvalue weighted by atomic mass is 32.2. The molecular formula is C11H15NO2S. The Morgan fingerprint density at radius 2 is 2.13 bits per heavy atom. The molecule has 0 aliphatic carbocycles. The van der Waals surface area contributed by atoms with Gasteiger partial charge in [-0.25, -0.2) is 4.72 Å². The molecule has 3 nitrogen and oxygen atoms in total. The van der Waals surface area contributed by atoms with Crippen LogP contribution in [0.15, 0.2) is 30.3 Å². The summed E-state index contributed by atoms with van der Waals surface area (Å²) in [6, 6.07) is 9.51. The highest BCUT2D eigenvalue weighted by Gasteiger charge is 2.13. The van der Waals surface area contributed by atoms with Gasteiger partial charge < -0.3 is 5.11 Å². The summed E-state index contributed by atoms with van der Waals surface area (Å²) >= 11 is 1.44. The molecule has 0 heterocycles. The Morgan fingerprint density at radius 1 is 1.47 bits per heavy atom. The first-order valence-corrected chi connectivity index (χ1v) is 5.86. The van der Waals surface area contributed by atoms with E-state index < -0.39 is 12.0 Å². The van der Waals surface area contributed by atoms with Gasteiger partial charge in [0.2, 0.25) is 0 Å². The van der Waals surface area contributed by atoms with Crippen molar-refractivity contribution in [3.05, 3.63) is 35.9 Å². The Bertz CT molecular complexity index is 303. The van der Waals surface area contributed by atoms with Crippen molar-refractivity contribution in [2.75, 3.05) is 0 Å². The van der Waals surface area contributed by atoms with Gasteiger partial charge in [-0.3, -0.25) is 4.79 Å². The minimum absolute atomic E-state index is 0.460. The van der Waals surface area contributed by atoms with Crippen molar-refractivity contribution in [2.24, 2.45) is 0 Å². The fraction of sp³-hybridized carbons (Fsp3) is 0.364. The number of benzene rings is 1. The van der Waals surface area contributed by atoms with Crippen molar-refractivity contribution >= 4 is 17.9 Å². The molecule has 1 atom stereocenters. The van der Waals surface area contributed by atoms with Crippen LogP contribution in [-0.4, -0.2) is 17.1 Å². The highest BCUT2D eigenvalue weighted by Crippen LogP contribution is 2.10. The molecular weight excluding hydrogens is 210 g/mol. The molecule has 0 bridgehead atoms. The third-order valence-corrected chi connectivity index (χ3v) is 2.94. The molecule has 0 aromatic heterocycles. The lowest BCUT2D eigenvalue weighted by Gasteiger charge is -2.10. The molecule has 1 aromatic carbocycles. The predicted octanol–water partition coefficient (Wildman–Crippen LogP) is 2.29. The molecule has 1 unspecified atom stereocenters. The van der Waals surface area contributed by atoms with E-state index in [1.165, 1.54) is 17.5 Å². The average molecular weight is 225 g/mol. The van der Waals surface area contributed by atoms with E-state index in [2.05, 4.69) is 4.72 Å². The molecule has 0 radical (unpaired) electrons. The van der Waals surface area contributed by atoms with E-state index in [1.807, 2.05) is 37.3 Å². The fourth-order valence-corrected chi connectivity index (χ4v) is 2.02. The van der Waals surface area contributed by atoms with Crippen LogP contribution in [0.25, 0.3) is 0 Å². The Balaban J connectivity index is 2.30. The van der Waals surface area contributed by atoms with E-state index in [0.29, 0.717) is 6.42 Å². The second-order valence-electron chi connectivity index (χ2n) is 3.19. The first-order valence-electron chi connectivity index (χ1n) is 4.88. The molecule has 0 spiro atoms. The number of hydrogen-bond donors (Lipinski definition) is 2. The molecule has 1 aromatic rings. The van der Waals surface area contributed by atoms with Crippen molar-refractivity contribution in [1.82, 2.24) is 4.72 Å². The molecule has 0 aliphatic heterocycles. The number of carboxylic acids is 1. The summed E-state index contributed by atoms with van der Waals surface area (Å²) in [6.45, 7) is 1.86. The summed E-state index contributed by atoms with van der Waals surface area (Å²) in [5, 5.41) is 8.79. The van der Waals surface area contributed by atoms with E-state index in [0.717, 1.165) is 5.75 Å². The van der Waals surface area contributed by atoms with Crippen LogP contribution in [0.5, 0.6) is 0 Å². The topological polar surface area (TPSA) is 49.3 Å². The van der Waals surface area contributed by atoms with Gasteiger partial charge in [0.15, 0.2) is 0 Å². The van der Waals surface area contributed by atoms with Gasteiger partial charge in [0.1, 0.15) is 6.04 Å². The summed E-state index contributed by atoms with van der Waals surface area (Å²) in [4.78, 5) is 10.7. The van der Waals surface area contributed by atoms with E-state index in [4.69, 9.17) is 5.11 Å². The van der Waals surface area contributed by atoms with Crippen molar-refractivity contribution in [2.45, 2.75) is 25.1 Å². The van der Waals surface area contributed by atoms with Crippen LogP contribution in [0.1, 0.15) is 18.9 Å². The lowest BCUT2D eigenvalue weighted by Crippen LogP contribution is -2.31. The van der Waals surface area contributed by atoms with E-state index in [-0.39, 0.29) is 0 Å². The molecule has 82 valence electrons. The molecule has 0 amide bonds. The number of rotatable bonds is 6. The third-order valence-electron chi connectivity index (χ3n) is 2.01. The number of hydrogen-bond acceptors (Lipinski definition) is 3. The van der Waals surface area contributed by atoms with Crippen LogP contribution in [0.3, 0.4) is 0 Å². The average Bonchev–Trinajstić information content (AvgIpc) is 2.25. The molecule has 0 fully saturated rings. The number of carbonyl (C=O) groups is 1. The van der Waals surface area contributed by atoms with E-state index in [1.54, 1.807) is 0 Å². The highest BCUT2D eigenvalue weighted by molar-refractivity contribution is 7.96. The second-order valence-corrected chi connectivity index (χ2v) is 4.00. The Labute approximate surface area is 94.0 Å². The molecule has 4 heteroatoms. The summed E-state index contributed by atoms with van der Waals surface area (Å²) in [5.74, 6) is -0.0111. The molecule has 15 heavy (non-hydrogen) atoms. The smallest absolute Gasteiger partial charge is 0.321 e. The minimum Gasteiger partial charge on any atom is -0.480 e. The maximum absolute atomic E-state index is 10.7. The van der Waals surface area contributed by atoms with Gasteiger partial charge in [-0.2, -0.15) is 0 Å². The zero-order valence-electron chi connectivity index (χ0n) is 8.64. The SMILES string of the molecule is CCC(NSCc1ccccc1)C(=O)O.